The number of nitrogens with one attached hydrogen (secondary N) is 1. The molecule has 0 aliphatic carbocycles. The van der Waals surface area contributed by atoms with Crippen molar-refractivity contribution in [3.8, 4) is 0 Å². The summed E-state index contributed by atoms with van der Waals surface area (Å²) in [5, 5.41) is 3.27. The van der Waals surface area contributed by atoms with E-state index in [-0.39, 0.29) is 0 Å². The highest BCUT2D eigenvalue weighted by Gasteiger charge is 2.08. The van der Waals surface area contributed by atoms with Gasteiger partial charge in [0.25, 0.3) is 0 Å². The van der Waals surface area contributed by atoms with E-state index in [0.29, 0.717) is 0 Å². The number of nitrogens with zero attached hydrogens (tertiary/aromatic N) is 1. The summed E-state index contributed by atoms with van der Waals surface area (Å²) in [6, 6.07) is 0. The molecule has 1 atom stereocenters. The van der Waals surface area contributed by atoms with Crippen LogP contribution in [0.3, 0.4) is 0 Å². The molecule has 1 unspecified atom stereocenters. The van der Waals surface area contributed by atoms with Crippen molar-refractivity contribution in [3.05, 3.63) is 0 Å². The molecule has 1 N–H and O–H groups in total. The van der Waals surface area contributed by atoms with Gasteiger partial charge < -0.3 is 10.2 Å². The van der Waals surface area contributed by atoms with E-state index in [1.54, 1.807) is 0 Å². The van der Waals surface area contributed by atoms with Gasteiger partial charge in [0, 0.05) is 6.54 Å². The van der Waals surface area contributed by atoms with Gasteiger partial charge in [0.1, 0.15) is 0 Å². The second kappa shape index (κ2) is 9.17. The molecule has 0 rings (SSSR count). The molecule has 0 heterocycles. The zero-order chi connectivity index (χ0) is 11.7. The normalized spacial score (nSPS) is 13.8. The van der Waals surface area contributed by atoms with Crippen LogP contribution in [0.5, 0.6) is 0 Å². The van der Waals surface area contributed by atoms with Crippen molar-refractivity contribution in [2.24, 2.45) is 11.8 Å². The van der Waals surface area contributed by atoms with Gasteiger partial charge in [0.15, 0.2) is 0 Å². The molecule has 92 valence electrons. The second-order valence-electron chi connectivity index (χ2n) is 5.13. The lowest BCUT2D eigenvalue weighted by atomic mass is 10.1. The minimum Gasteiger partial charge on any atom is -0.319 e. The lowest BCUT2D eigenvalue weighted by molar-refractivity contribution is 0.260. The van der Waals surface area contributed by atoms with Crippen LogP contribution in [0.15, 0.2) is 0 Å². The van der Waals surface area contributed by atoms with Crippen LogP contribution in [0, 0.1) is 11.8 Å². The van der Waals surface area contributed by atoms with Crippen LogP contribution in [0.2, 0.25) is 0 Å². The highest BCUT2D eigenvalue weighted by atomic mass is 15.1. The molecule has 0 fully saturated rings. The molecule has 0 saturated heterocycles. The van der Waals surface area contributed by atoms with Crippen LogP contribution < -0.4 is 5.32 Å². The smallest absolute Gasteiger partial charge is 0.00186 e. The second-order valence-corrected chi connectivity index (χ2v) is 5.13. The minimum atomic E-state index is 0.805. The fraction of sp³-hybridized carbons (Fsp3) is 1.00. The molecule has 0 aromatic heterocycles. The first kappa shape index (κ1) is 14.9. The van der Waals surface area contributed by atoms with E-state index in [1.807, 2.05) is 7.05 Å². The summed E-state index contributed by atoms with van der Waals surface area (Å²) < 4.78 is 0. The molecule has 0 aliphatic rings. The largest absolute Gasteiger partial charge is 0.319 e. The van der Waals surface area contributed by atoms with Gasteiger partial charge in [-0.2, -0.15) is 0 Å². The van der Waals surface area contributed by atoms with E-state index in [0.717, 1.165) is 18.4 Å². The molecule has 0 aromatic rings. The Bertz CT molecular complexity index is 134. The minimum absolute atomic E-state index is 0.805. The van der Waals surface area contributed by atoms with Crippen molar-refractivity contribution in [2.45, 2.75) is 40.0 Å². The molecule has 0 saturated carbocycles. The Kier molecular flexibility index (Phi) is 9.12. The Morgan fingerprint density at radius 3 is 2.40 bits per heavy atom. The monoisotopic (exact) mass is 214 g/mol. The molecule has 0 radical (unpaired) electrons. The summed E-state index contributed by atoms with van der Waals surface area (Å²) in [6.07, 6.45) is 3.96. The van der Waals surface area contributed by atoms with E-state index in [4.69, 9.17) is 0 Å². The summed E-state index contributed by atoms with van der Waals surface area (Å²) in [5.41, 5.74) is 0. The molecule has 0 spiro atoms. The zero-order valence-electron chi connectivity index (χ0n) is 11.3. The van der Waals surface area contributed by atoms with Crippen LogP contribution >= 0.6 is 0 Å². The summed E-state index contributed by atoms with van der Waals surface area (Å²) in [7, 11) is 4.29. The fourth-order valence-electron chi connectivity index (χ4n) is 1.93. The topological polar surface area (TPSA) is 15.3 Å². The van der Waals surface area contributed by atoms with E-state index < -0.39 is 0 Å². The van der Waals surface area contributed by atoms with Gasteiger partial charge in [0.05, 0.1) is 0 Å². The molecule has 0 aromatic carbocycles. The van der Waals surface area contributed by atoms with Gasteiger partial charge in [-0.05, 0) is 51.9 Å². The number of rotatable bonds is 9. The first-order valence-electron chi connectivity index (χ1n) is 6.43. The Morgan fingerprint density at radius 2 is 1.93 bits per heavy atom. The van der Waals surface area contributed by atoms with Crippen molar-refractivity contribution in [1.82, 2.24) is 10.2 Å². The highest BCUT2D eigenvalue weighted by molar-refractivity contribution is 4.64. The van der Waals surface area contributed by atoms with Gasteiger partial charge in [-0.3, -0.25) is 0 Å². The highest BCUT2D eigenvalue weighted by Crippen LogP contribution is 2.07. The van der Waals surface area contributed by atoms with Crippen LogP contribution in [0.25, 0.3) is 0 Å². The van der Waals surface area contributed by atoms with Crippen LogP contribution in [-0.2, 0) is 0 Å². The Balaban J connectivity index is 3.56. The molecule has 2 nitrogen and oxygen atoms in total. The van der Waals surface area contributed by atoms with Gasteiger partial charge >= 0.3 is 0 Å². The third-order valence-corrected chi connectivity index (χ3v) is 2.96. The van der Waals surface area contributed by atoms with Crippen molar-refractivity contribution in [1.29, 1.82) is 0 Å². The van der Waals surface area contributed by atoms with Gasteiger partial charge in [-0.25, -0.2) is 0 Å². The molecule has 15 heavy (non-hydrogen) atoms. The SMILES string of the molecule is CCC(CNC)CN(C)CCCC(C)C. The standard InChI is InChI=1S/C13H30N2/c1-6-13(10-14-4)11-15(5)9-7-8-12(2)3/h12-14H,6-11H2,1-5H3. The number of hydrogen-bond acceptors (Lipinski definition) is 2. The summed E-state index contributed by atoms with van der Waals surface area (Å²) >= 11 is 0. The van der Waals surface area contributed by atoms with E-state index in [1.165, 1.54) is 32.4 Å². The maximum atomic E-state index is 3.27. The zero-order valence-corrected chi connectivity index (χ0v) is 11.3. The molecule has 0 aliphatic heterocycles. The summed E-state index contributed by atoms with van der Waals surface area (Å²) in [4.78, 5) is 2.48. The molecular formula is C13H30N2. The third-order valence-electron chi connectivity index (χ3n) is 2.96. The van der Waals surface area contributed by atoms with Gasteiger partial charge in [-0.1, -0.05) is 27.2 Å². The van der Waals surface area contributed by atoms with E-state index in [2.05, 4.69) is 38.0 Å². The Labute approximate surface area is 96.4 Å². The first-order valence-corrected chi connectivity index (χ1v) is 6.43. The van der Waals surface area contributed by atoms with Crippen LogP contribution in [0.1, 0.15) is 40.0 Å². The number of hydrogen-bond donors (Lipinski definition) is 1. The van der Waals surface area contributed by atoms with Crippen LogP contribution in [0.4, 0.5) is 0 Å². The average Bonchev–Trinajstić information content (AvgIpc) is 2.16. The summed E-state index contributed by atoms with van der Waals surface area (Å²) in [6.45, 7) is 10.5. The van der Waals surface area contributed by atoms with Gasteiger partial charge in [0.2, 0.25) is 0 Å². The summed E-state index contributed by atoms with van der Waals surface area (Å²) in [5.74, 6) is 1.65. The van der Waals surface area contributed by atoms with Crippen molar-refractivity contribution in [2.75, 3.05) is 33.7 Å². The Hall–Kier alpha value is -0.0800. The lowest BCUT2D eigenvalue weighted by Crippen LogP contribution is -2.31. The van der Waals surface area contributed by atoms with Crippen molar-refractivity contribution < 1.29 is 0 Å². The molecule has 0 amide bonds. The molecular weight excluding hydrogens is 184 g/mol. The maximum Gasteiger partial charge on any atom is 0.00186 e. The maximum absolute atomic E-state index is 3.27. The van der Waals surface area contributed by atoms with Crippen molar-refractivity contribution in [3.63, 3.8) is 0 Å². The lowest BCUT2D eigenvalue weighted by Gasteiger charge is -2.23. The van der Waals surface area contributed by atoms with Crippen LogP contribution in [-0.4, -0.2) is 38.6 Å². The predicted octanol–water partition coefficient (Wildman–Crippen LogP) is 2.60. The Morgan fingerprint density at radius 1 is 1.27 bits per heavy atom. The van der Waals surface area contributed by atoms with Crippen molar-refractivity contribution >= 4 is 0 Å². The predicted molar refractivity (Wildman–Crippen MR) is 69.3 cm³/mol. The third kappa shape index (κ3) is 8.88. The quantitative estimate of drug-likeness (QED) is 0.635. The molecule has 0 bridgehead atoms. The first-order chi connectivity index (χ1) is 7.10. The van der Waals surface area contributed by atoms with Gasteiger partial charge in [-0.15, -0.1) is 0 Å². The fourth-order valence-corrected chi connectivity index (χ4v) is 1.93. The molecule has 2 heteroatoms. The van der Waals surface area contributed by atoms with E-state index in [9.17, 15) is 0 Å². The average molecular weight is 214 g/mol. The van der Waals surface area contributed by atoms with E-state index >= 15 is 0 Å².